The minimum Gasteiger partial charge on any atom is -0.207 e. The first-order chi connectivity index (χ1) is 35.2. The highest BCUT2D eigenvalue weighted by molar-refractivity contribution is 7.94. The first-order valence-electron chi connectivity index (χ1n) is 23.7. The van der Waals surface area contributed by atoms with E-state index in [1.54, 1.807) is 48.5 Å². The van der Waals surface area contributed by atoms with Crippen molar-refractivity contribution in [3.8, 4) is 0 Å². The van der Waals surface area contributed by atoms with Crippen LogP contribution >= 0.6 is 20.7 Å². The molecular weight excluding hydrogens is 985 g/mol. The van der Waals surface area contributed by atoms with Crippen LogP contribution in [0.15, 0.2) is 249 Å². The number of rotatable bonds is 13. The normalized spacial score (nSPS) is 12.8. The molecule has 73 heavy (non-hydrogen) atoms. The maximum atomic E-state index is 14.5. The third kappa shape index (κ3) is 9.02. The average molecular weight is 1040 g/mol. The van der Waals surface area contributed by atoms with Gasteiger partial charge in [0.1, 0.15) is 29.1 Å². The predicted molar refractivity (Wildman–Crippen MR) is 312 cm³/mol. The van der Waals surface area contributed by atoms with Gasteiger partial charge in [-0.25, -0.2) is 22.0 Å². The van der Waals surface area contributed by atoms with Crippen molar-refractivity contribution in [1.82, 2.24) is 0 Å². The van der Waals surface area contributed by atoms with Crippen LogP contribution in [0.3, 0.4) is 0 Å². The zero-order chi connectivity index (χ0) is 51.0. The molecule has 10 aromatic carbocycles. The summed E-state index contributed by atoms with van der Waals surface area (Å²) in [6.45, 7) is -5.84. The van der Waals surface area contributed by atoms with Crippen molar-refractivity contribution in [2.75, 3.05) is 0 Å². The standard InChI is InChI=1S/C64H50F5P3Si/c1-46-10-22-52(23-11-46)70(2,53-24-12-47(65)13-25-53)58-34-40-62(41-35-58)73(61-8-6-5-7-9-61,63-42-36-59(37-43-63)71(3,54-26-14-48(66)15-27-54)55-28-16-49(67)17-29-55)64-44-38-60(39-45-64)72(4,56-30-18-50(68)19-31-56)57-32-20-51(69)21-33-57/h5-45H,2-4H2,1H3. The number of benzene rings is 10. The molecule has 0 heterocycles. The van der Waals surface area contributed by atoms with Gasteiger partial charge in [0.25, 0.3) is 0 Å². The first kappa shape index (κ1) is 49.5. The summed E-state index contributed by atoms with van der Waals surface area (Å²) in [7, 11) is -3.34. The lowest BCUT2D eigenvalue weighted by atomic mass is 10.2. The Hall–Kier alpha value is -7.03. The van der Waals surface area contributed by atoms with E-state index in [2.05, 4.69) is 128 Å². The van der Waals surface area contributed by atoms with E-state index in [4.69, 9.17) is 18.9 Å². The minimum absolute atomic E-state index is 0.313. The molecule has 360 valence electrons. The lowest BCUT2D eigenvalue weighted by molar-refractivity contribution is 0.628. The number of hydrogen-bond acceptors (Lipinski definition) is 0. The van der Waals surface area contributed by atoms with Gasteiger partial charge < -0.3 is 0 Å². The highest BCUT2D eigenvalue weighted by Gasteiger charge is 2.42. The molecular formula is C64H50F5P3Si. The van der Waals surface area contributed by atoms with E-state index in [1.807, 2.05) is 18.2 Å². The van der Waals surface area contributed by atoms with Crippen LogP contribution in [-0.4, -0.2) is 27.0 Å². The molecule has 0 fully saturated rings. The Balaban J connectivity index is 1.21. The lowest BCUT2D eigenvalue weighted by Crippen LogP contribution is -2.75. The van der Waals surface area contributed by atoms with Gasteiger partial charge in [-0.2, -0.15) is 0 Å². The van der Waals surface area contributed by atoms with Crippen LogP contribution in [0.25, 0.3) is 0 Å². The third-order valence-corrected chi connectivity index (χ3v) is 29.7. The molecule has 9 heteroatoms. The zero-order valence-electron chi connectivity index (χ0n) is 40.0. The van der Waals surface area contributed by atoms with E-state index in [0.29, 0.717) is 0 Å². The molecule has 0 nitrogen and oxygen atoms in total. The van der Waals surface area contributed by atoms with Gasteiger partial charge in [0.2, 0.25) is 0 Å². The summed E-state index contributed by atoms with van der Waals surface area (Å²) in [5, 5.41) is 12.7. The summed E-state index contributed by atoms with van der Waals surface area (Å²) in [4.78, 5) is 0. The molecule has 1 atom stereocenters. The van der Waals surface area contributed by atoms with E-state index < -0.39 is 28.7 Å². The zero-order valence-corrected chi connectivity index (χ0v) is 43.7. The van der Waals surface area contributed by atoms with Crippen molar-refractivity contribution in [3.63, 3.8) is 0 Å². The van der Waals surface area contributed by atoms with E-state index in [9.17, 15) is 22.0 Å². The highest BCUT2D eigenvalue weighted by Crippen LogP contribution is 2.44. The monoisotopic (exact) mass is 1030 g/mol. The molecule has 0 aliphatic rings. The molecule has 0 amide bonds. The van der Waals surface area contributed by atoms with Crippen LogP contribution < -0.4 is 68.5 Å². The summed E-state index contributed by atoms with van der Waals surface area (Å²) >= 11 is 0. The molecule has 10 aromatic rings. The van der Waals surface area contributed by atoms with Crippen molar-refractivity contribution in [1.29, 1.82) is 0 Å². The van der Waals surface area contributed by atoms with Gasteiger partial charge in [-0.1, -0.05) is 213 Å². The fraction of sp³-hybridized carbons (Fsp3) is 0.0156. The molecule has 0 saturated carbocycles. The van der Waals surface area contributed by atoms with Crippen LogP contribution in [-0.2, 0) is 0 Å². The summed E-state index contributed by atoms with van der Waals surface area (Å²) in [5.41, 5.74) is 1.13. The van der Waals surface area contributed by atoms with Crippen molar-refractivity contribution < 1.29 is 22.0 Å². The summed E-state index contributed by atoms with van der Waals surface area (Å²) in [6.07, 6.45) is 14.8. The maximum absolute atomic E-state index is 14.5. The average Bonchev–Trinajstić information content (AvgIpc) is 3.42. The summed E-state index contributed by atoms with van der Waals surface area (Å²) in [5.74, 6) is -1.74. The molecule has 0 N–H and O–H groups in total. The van der Waals surface area contributed by atoms with E-state index in [1.165, 1.54) is 60.7 Å². The second-order valence-electron chi connectivity index (χ2n) is 18.4. The molecule has 0 saturated heterocycles. The second-order valence-corrected chi connectivity index (χ2v) is 31.7. The molecule has 0 spiro atoms. The van der Waals surface area contributed by atoms with Crippen molar-refractivity contribution in [2.24, 2.45) is 0 Å². The van der Waals surface area contributed by atoms with Crippen LogP contribution in [0.4, 0.5) is 22.0 Å². The largest absolute Gasteiger partial charge is 0.207 e. The fourth-order valence-electron chi connectivity index (χ4n) is 10.2. The van der Waals surface area contributed by atoms with Gasteiger partial charge in [-0.05, 0) is 157 Å². The Kier molecular flexibility index (Phi) is 13.6. The van der Waals surface area contributed by atoms with Crippen LogP contribution in [0, 0.1) is 36.0 Å². The van der Waals surface area contributed by atoms with Crippen molar-refractivity contribution in [3.05, 3.63) is 283 Å². The molecule has 1 unspecified atom stereocenters. The second kappa shape index (κ2) is 20.1. The highest BCUT2D eigenvalue weighted by atomic mass is 31.2. The van der Waals surface area contributed by atoms with E-state index in [-0.39, 0.29) is 29.1 Å². The van der Waals surface area contributed by atoms with Crippen molar-refractivity contribution >= 4 is 116 Å². The molecule has 0 radical (unpaired) electrons. The lowest BCUT2D eigenvalue weighted by Gasteiger charge is -2.36. The number of halogens is 5. The first-order valence-corrected chi connectivity index (χ1v) is 31.6. The summed E-state index contributed by atoms with van der Waals surface area (Å²) < 4.78 is 72.5. The molecule has 0 aliphatic heterocycles. The fourth-order valence-corrected chi connectivity index (χ4v) is 23.5. The SMILES string of the molecule is C=P(c1ccc(C)cc1)(c1ccc(F)cc1)c1ccc([Si](c2ccccc2)(c2ccc(P(=C)(c3ccc(F)cc3)c3ccc(F)cc3)cc2)c2ccc(P(=C)(c3ccc(F)cc3)c3ccc(F)cc3)cc2)cc1. The maximum Gasteiger partial charge on any atom is 0.179 e. The van der Waals surface area contributed by atoms with Gasteiger partial charge in [0.15, 0.2) is 8.07 Å². The van der Waals surface area contributed by atoms with Gasteiger partial charge in [0.05, 0.1) is 0 Å². The van der Waals surface area contributed by atoms with Crippen LogP contribution in [0.5, 0.6) is 0 Å². The topological polar surface area (TPSA) is 0 Å². The van der Waals surface area contributed by atoms with Crippen molar-refractivity contribution in [2.45, 2.75) is 6.92 Å². The van der Waals surface area contributed by atoms with Gasteiger partial charge >= 0.3 is 0 Å². The quantitative estimate of drug-likeness (QED) is 0.0468. The Morgan fingerprint density at radius 1 is 0.247 bits per heavy atom. The molecule has 0 bridgehead atoms. The number of aryl methyl sites for hydroxylation is 1. The molecule has 10 rings (SSSR count). The van der Waals surface area contributed by atoms with Gasteiger partial charge in [-0.3, -0.25) is 0 Å². The van der Waals surface area contributed by atoms with Gasteiger partial charge in [-0.15, -0.1) is 0 Å². The Bertz CT molecular complexity index is 3180. The smallest absolute Gasteiger partial charge is 0.179 e. The molecule has 0 aromatic heterocycles. The van der Waals surface area contributed by atoms with Gasteiger partial charge in [0, 0.05) is 0 Å². The Morgan fingerprint density at radius 2 is 0.425 bits per heavy atom. The molecule has 0 aliphatic carbocycles. The number of hydrogen-bond donors (Lipinski definition) is 0. The van der Waals surface area contributed by atoms with Crippen LogP contribution in [0.1, 0.15) is 5.56 Å². The predicted octanol–water partition coefficient (Wildman–Crippen LogP) is 9.25. The minimum atomic E-state index is -3.34. The van der Waals surface area contributed by atoms with E-state index >= 15 is 0 Å². The Morgan fingerprint density at radius 3 is 0.644 bits per heavy atom. The van der Waals surface area contributed by atoms with E-state index in [0.717, 1.165) is 74.1 Å². The Labute approximate surface area is 426 Å². The third-order valence-electron chi connectivity index (χ3n) is 14.2. The summed E-state index contributed by atoms with van der Waals surface area (Å²) in [6, 6.07) is 77.6. The van der Waals surface area contributed by atoms with Crippen LogP contribution in [0.2, 0.25) is 0 Å².